The van der Waals surface area contributed by atoms with Crippen molar-refractivity contribution in [2.24, 2.45) is 0 Å². The van der Waals surface area contributed by atoms with Crippen LogP contribution in [0.2, 0.25) is 5.02 Å². The number of carbonyl (C=O) groups is 2. The van der Waals surface area contributed by atoms with E-state index in [1.54, 1.807) is 4.90 Å². The number of nitrogens with zero attached hydrogens (tertiary/aromatic N) is 4. The molecular weight excluding hydrogens is 540 g/mol. The van der Waals surface area contributed by atoms with Crippen molar-refractivity contribution in [2.75, 3.05) is 45.2 Å². The van der Waals surface area contributed by atoms with Crippen LogP contribution in [0.1, 0.15) is 75.7 Å². The van der Waals surface area contributed by atoms with Crippen molar-refractivity contribution in [3.63, 3.8) is 0 Å². The molecule has 41 heavy (non-hydrogen) atoms. The molecule has 1 aromatic heterocycles. The highest BCUT2D eigenvalue weighted by atomic mass is 35.5. The van der Waals surface area contributed by atoms with E-state index < -0.39 is 11.6 Å². The monoisotopic (exact) mass is 584 g/mol. The summed E-state index contributed by atoms with van der Waals surface area (Å²) in [6.07, 6.45) is 6.72. The lowest BCUT2D eigenvalue weighted by atomic mass is 10.0. The molecule has 9 heteroatoms. The number of aryl methyl sites for hydroxylation is 2. The summed E-state index contributed by atoms with van der Waals surface area (Å²) in [6.45, 7) is 9.29. The lowest BCUT2D eigenvalue weighted by Crippen LogP contribution is -2.41. The molecule has 0 radical (unpaired) electrons. The summed E-state index contributed by atoms with van der Waals surface area (Å²) in [6, 6.07) is 11.5. The van der Waals surface area contributed by atoms with Gasteiger partial charge in [-0.2, -0.15) is 0 Å². The molecular formula is C32H45ClN4O4. The highest BCUT2D eigenvalue weighted by Crippen LogP contribution is 2.30. The Hall–Kier alpha value is -2.68. The van der Waals surface area contributed by atoms with Crippen LogP contribution in [-0.4, -0.2) is 78.8 Å². The standard InChI is InChI=1S/C32H45ClN4O4/c1-32(2,3)41-31(39)37-19-10-12-23-15-16-26(34-29(23)37)14-7-6-8-18-36-20-17-27(22-36)35(4)28(30(38)40-5)24-11-9-13-25(33)21-24/h9,11,13,15-16,21,27-28H,6-8,10,12,14,17-20,22H2,1-5H3/t27-,28?/m0/s1. The minimum absolute atomic E-state index is 0.266. The van der Waals surface area contributed by atoms with Crippen molar-refractivity contribution in [3.05, 3.63) is 58.2 Å². The number of benzene rings is 1. The number of unbranched alkanes of at least 4 members (excludes halogenated alkanes) is 2. The molecule has 0 N–H and O–H groups in total. The number of methoxy groups -OCH3 is 1. The van der Waals surface area contributed by atoms with E-state index in [1.165, 1.54) is 7.11 Å². The SMILES string of the molecule is COC(=O)C(c1cccc(Cl)c1)N(C)[C@H]1CCN(CCCCCc2ccc3c(n2)N(C(=O)OC(C)(C)C)CCC3)C1. The van der Waals surface area contributed by atoms with Gasteiger partial charge >= 0.3 is 12.1 Å². The molecule has 2 aliphatic rings. The quantitative estimate of drug-likeness (QED) is 0.248. The molecule has 4 rings (SSSR count). The highest BCUT2D eigenvalue weighted by molar-refractivity contribution is 6.30. The fourth-order valence-corrected chi connectivity index (χ4v) is 6.01. The van der Waals surface area contributed by atoms with E-state index in [0.717, 1.165) is 87.2 Å². The number of anilines is 1. The molecule has 0 bridgehead atoms. The van der Waals surface area contributed by atoms with Crippen molar-refractivity contribution in [1.29, 1.82) is 0 Å². The van der Waals surface area contributed by atoms with Crippen LogP contribution in [0.4, 0.5) is 10.6 Å². The zero-order chi connectivity index (χ0) is 29.6. The molecule has 1 aromatic carbocycles. The van der Waals surface area contributed by atoms with Crippen LogP contribution >= 0.6 is 11.6 Å². The predicted molar refractivity (Wildman–Crippen MR) is 163 cm³/mol. The Morgan fingerprint density at radius 2 is 1.95 bits per heavy atom. The highest BCUT2D eigenvalue weighted by Gasteiger charge is 2.34. The normalized spacial score (nSPS) is 18.3. The molecule has 0 aliphatic carbocycles. The first-order valence-electron chi connectivity index (χ1n) is 14.8. The average molecular weight is 585 g/mol. The zero-order valence-electron chi connectivity index (χ0n) is 25.2. The molecule has 0 spiro atoms. The molecule has 2 aromatic rings. The molecule has 1 unspecified atom stereocenters. The van der Waals surface area contributed by atoms with Crippen LogP contribution in [0.25, 0.3) is 0 Å². The zero-order valence-corrected chi connectivity index (χ0v) is 26.0. The lowest BCUT2D eigenvalue weighted by molar-refractivity contribution is -0.147. The van der Waals surface area contributed by atoms with Gasteiger partial charge in [-0.1, -0.05) is 36.2 Å². The Balaban J connectivity index is 1.24. The fraction of sp³-hybridized carbons (Fsp3) is 0.594. The average Bonchev–Trinajstić information content (AvgIpc) is 3.40. The van der Waals surface area contributed by atoms with Crippen LogP contribution in [0.5, 0.6) is 0 Å². The number of hydrogen-bond donors (Lipinski definition) is 0. The number of aromatic nitrogens is 1. The summed E-state index contributed by atoms with van der Waals surface area (Å²) in [5, 5.41) is 0.615. The van der Waals surface area contributed by atoms with Crippen LogP contribution in [0, 0.1) is 0 Å². The van der Waals surface area contributed by atoms with Gasteiger partial charge in [-0.3, -0.25) is 9.80 Å². The number of esters is 1. The van der Waals surface area contributed by atoms with E-state index >= 15 is 0 Å². The van der Waals surface area contributed by atoms with Gasteiger partial charge in [0, 0.05) is 29.8 Å². The molecule has 2 aliphatic heterocycles. The molecule has 0 saturated carbocycles. The first-order valence-corrected chi connectivity index (χ1v) is 15.2. The third kappa shape index (κ3) is 8.43. The molecule has 1 amide bonds. The smallest absolute Gasteiger partial charge is 0.416 e. The first-order chi connectivity index (χ1) is 19.6. The van der Waals surface area contributed by atoms with E-state index in [0.29, 0.717) is 11.6 Å². The summed E-state index contributed by atoms with van der Waals surface area (Å²) in [5.74, 6) is 0.497. The number of likely N-dealkylation sites (N-methyl/N-ethyl adjacent to an activating group) is 1. The second kappa shape index (κ2) is 14.0. The number of amides is 1. The Bertz CT molecular complexity index is 1200. The number of fused-ring (bicyclic) bond motifs is 1. The Kier molecular flexibility index (Phi) is 10.7. The van der Waals surface area contributed by atoms with Gasteiger partial charge in [-0.05, 0) is 109 Å². The summed E-state index contributed by atoms with van der Waals surface area (Å²) in [4.78, 5) is 36.7. The number of halogens is 1. The van der Waals surface area contributed by atoms with Gasteiger partial charge in [0.1, 0.15) is 17.5 Å². The maximum Gasteiger partial charge on any atom is 0.416 e. The van der Waals surface area contributed by atoms with Crippen LogP contribution in [0.3, 0.4) is 0 Å². The van der Waals surface area contributed by atoms with E-state index in [-0.39, 0.29) is 18.1 Å². The molecule has 3 heterocycles. The topological polar surface area (TPSA) is 75.2 Å². The van der Waals surface area contributed by atoms with Crippen LogP contribution in [-0.2, 0) is 27.1 Å². The maximum atomic E-state index is 12.8. The van der Waals surface area contributed by atoms with Crippen molar-refractivity contribution < 1.29 is 19.1 Å². The predicted octanol–water partition coefficient (Wildman–Crippen LogP) is 6.06. The van der Waals surface area contributed by atoms with Gasteiger partial charge in [0.25, 0.3) is 0 Å². The van der Waals surface area contributed by atoms with Crippen LogP contribution in [0.15, 0.2) is 36.4 Å². The molecule has 1 saturated heterocycles. The molecule has 2 atom stereocenters. The summed E-state index contributed by atoms with van der Waals surface area (Å²) in [5.41, 5.74) is 2.47. The molecule has 1 fully saturated rings. The first kappa shape index (κ1) is 31.3. The lowest BCUT2D eigenvalue weighted by Gasteiger charge is -2.31. The minimum Gasteiger partial charge on any atom is -0.468 e. The van der Waals surface area contributed by atoms with Crippen molar-refractivity contribution in [2.45, 2.75) is 83.4 Å². The van der Waals surface area contributed by atoms with E-state index in [9.17, 15) is 9.59 Å². The van der Waals surface area contributed by atoms with Gasteiger partial charge in [0.15, 0.2) is 0 Å². The second-order valence-corrected chi connectivity index (χ2v) is 12.7. The number of carbonyl (C=O) groups excluding carboxylic acids is 2. The number of pyridine rings is 1. The molecule has 224 valence electrons. The number of rotatable bonds is 10. The third-order valence-corrected chi connectivity index (χ3v) is 8.17. The van der Waals surface area contributed by atoms with Crippen molar-refractivity contribution >= 4 is 29.5 Å². The molecule has 8 nitrogen and oxygen atoms in total. The number of ether oxygens (including phenoxy) is 2. The summed E-state index contributed by atoms with van der Waals surface area (Å²) >= 11 is 6.21. The van der Waals surface area contributed by atoms with Crippen molar-refractivity contribution in [1.82, 2.24) is 14.8 Å². The Morgan fingerprint density at radius 1 is 1.15 bits per heavy atom. The third-order valence-electron chi connectivity index (χ3n) is 7.94. The largest absolute Gasteiger partial charge is 0.468 e. The Morgan fingerprint density at radius 3 is 2.68 bits per heavy atom. The Labute approximate surface area is 249 Å². The van der Waals surface area contributed by atoms with E-state index in [4.69, 9.17) is 26.1 Å². The summed E-state index contributed by atoms with van der Waals surface area (Å²) in [7, 11) is 3.44. The number of likely N-dealkylation sites (tertiary alicyclic amines) is 1. The van der Waals surface area contributed by atoms with E-state index in [2.05, 4.69) is 21.9 Å². The maximum absolute atomic E-state index is 12.8. The second-order valence-electron chi connectivity index (χ2n) is 12.2. The van der Waals surface area contributed by atoms with Gasteiger partial charge in [-0.25, -0.2) is 14.6 Å². The minimum atomic E-state index is -0.531. The van der Waals surface area contributed by atoms with Crippen LogP contribution < -0.4 is 4.90 Å². The number of hydrogen-bond acceptors (Lipinski definition) is 7. The van der Waals surface area contributed by atoms with E-state index in [1.807, 2.05) is 52.1 Å². The fourth-order valence-electron chi connectivity index (χ4n) is 5.82. The van der Waals surface area contributed by atoms with Gasteiger partial charge in [0.2, 0.25) is 0 Å². The van der Waals surface area contributed by atoms with Crippen molar-refractivity contribution in [3.8, 4) is 0 Å². The van der Waals surface area contributed by atoms with Gasteiger partial charge in [0.05, 0.1) is 7.11 Å². The van der Waals surface area contributed by atoms with Gasteiger partial charge < -0.3 is 14.4 Å². The summed E-state index contributed by atoms with van der Waals surface area (Å²) < 4.78 is 10.8. The van der Waals surface area contributed by atoms with Gasteiger partial charge in [-0.15, -0.1) is 0 Å².